The molecule has 1 rings (SSSR count). The molecule has 110 valence electrons. The van der Waals surface area contributed by atoms with Crippen molar-refractivity contribution < 1.29 is 13.2 Å². The molecule has 0 aliphatic heterocycles. The van der Waals surface area contributed by atoms with Gasteiger partial charge in [0.25, 0.3) is 0 Å². The summed E-state index contributed by atoms with van der Waals surface area (Å²) in [5.41, 5.74) is -0.843. The van der Waals surface area contributed by atoms with Crippen LogP contribution in [-0.2, 0) is 0 Å². The summed E-state index contributed by atoms with van der Waals surface area (Å²) in [6, 6.07) is 1.99. The van der Waals surface area contributed by atoms with Crippen molar-refractivity contribution in [2.24, 2.45) is 5.92 Å². The minimum atomic E-state index is -4.23. The maximum atomic E-state index is 12.6. The summed E-state index contributed by atoms with van der Waals surface area (Å²) in [5.74, 6) is 0.173. The van der Waals surface area contributed by atoms with E-state index in [2.05, 4.69) is 11.4 Å². The summed E-state index contributed by atoms with van der Waals surface area (Å²) in [5, 5.41) is 12.5. The van der Waals surface area contributed by atoms with Crippen LogP contribution in [0.4, 0.5) is 13.2 Å². The fraction of sp³-hybridized carbons (Fsp3) is 0.923. The van der Waals surface area contributed by atoms with Crippen LogP contribution in [-0.4, -0.2) is 42.3 Å². The van der Waals surface area contributed by atoms with E-state index in [-0.39, 0.29) is 18.5 Å². The highest BCUT2D eigenvalue weighted by molar-refractivity contribution is 5.16. The number of rotatable bonds is 7. The van der Waals surface area contributed by atoms with Gasteiger partial charge in [-0.25, -0.2) is 0 Å². The first-order valence-corrected chi connectivity index (χ1v) is 6.71. The quantitative estimate of drug-likeness (QED) is 0.777. The molecule has 1 unspecified atom stereocenters. The second-order valence-corrected chi connectivity index (χ2v) is 5.50. The van der Waals surface area contributed by atoms with Crippen molar-refractivity contribution in [3.05, 3.63) is 0 Å². The monoisotopic (exact) mass is 277 g/mol. The number of halogens is 3. The maximum Gasteiger partial charge on any atom is 0.401 e. The van der Waals surface area contributed by atoms with E-state index < -0.39 is 18.3 Å². The lowest BCUT2D eigenvalue weighted by atomic mass is 9.93. The maximum absolute atomic E-state index is 12.6. The summed E-state index contributed by atoms with van der Waals surface area (Å²) in [6.07, 6.45) is -2.40. The molecule has 0 spiro atoms. The van der Waals surface area contributed by atoms with Gasteiger partial charge in [-0.15, -0.1) is 0 Å². The van der Waals surface area contributed by atoms with Crippen molar-refractivity contribution in [3.63, 3.8) is 0 Å². The Hall–Kier alpha value is -0.800. The lowest BCUT2D eigenvalue weighted by Crippen LogP contribution is -2.57. The first-order chi connectivity index (χ1) is 8.74. The molecule has 1 atom stereocenters. The molecule has 0 radical (unpaired) electrons. The van der Waals surface area contributed by atoms with Crippen molar-refractivity contribution >= 4 is 0 Å². The van der Waals surface area contributed by atoms with Crippen LogP contribution >= 0.6 is 0 Å². The first kappa shape index (κ1) is 16.3. The Kier molecular flexibility index (Phi) is 5.22. The third-order valence-corrected chi connectivity index (χ3v) is 3.53. The number of hydrogen-bond donors (Lipinski definition) is 1. The molecule has 19 heavy (non-hydrogen) atoms. The highest BCUT2D eigenvalue weighted by Gasteiger charge is 2.47. The number of hydrogen-bond acceptors (Lipinski definition) is 3. The van der Waals surface area contributed by atoms with Crippen molar-refractivity contribution in [3.8, 4) is 6.07 Å². The predicted molar refractivity (Wildman–Crippen MR) is 67.5 cm³/mol. The van der Waals surface area contributed by atoms with Gasteiger partial charge in [-0.3, -0.25) is 10.2 Å². The zero-order chi connectivity index (χ0) is 14.7. The first-order valence-electron chi connectivity index (χ1n) is 6.71. The summed E-state index contributed by atoms with van der Waals surface area (Å²) in [7, 11) is 0. The predicted octanol–water partition coefficient (Wildman–Crippen LogP) is 2.54. The van der Waals surface area contributed by atoms with Crippen LogP contribution in [0.15, 0.2) is 0 Å². The Bertz CT molecular complexity index is 331. The minimum absolute atomic E-state index is 0.124. The van der Waals surface area contributed by atoms with E-state index in [0.717, 1.165) is 12.8 Å². The van der Waals surface area contributed by atoms with Gasteiger partial charge >= 0.3 is 6.18 Å². The molecule has 1 saturated carbocycles. The highest BCUT2D eigenvalue weighted by Crippen LogP contribution is 2.40. The number of alkyl halides is 3. The minimum Gasteiger partial charge on any atom is -0.298 e. The van der Waals surface area contributed by atoms with Crippen LogP contribution in [0.3, 0.4) is 0 Å². The molecule has 3 nitrogen and oxygen atoms in total. The molecular formula is C13H22F3N3. The zero-order valence-electron chi connectivity index (χ0n) is 11.7. The van der Waals surface area contributed by atoms with Gasteiger partial charge in [0, 0.05) is 12.6 Å². The molecule has 1 aliphatic carbocycles. The summed E-state index contributed by atoms with van der Waals surface area (Å²) >= 11 is 0. The molecule has 0 bridgehead atoms. The van der Waals surface area contributed by atoms with Gasteiger partial charge < -0.3 is 0 Å². The molecule has 0 aromatic rings. The largest absolute Gasteiger partial charge is 0.401 e. The Balaban J connectivity index is 2.82. The number of nitriles is 1. The van der Waals surface area contributed by atoms with Crippen LogP contribution < -0.4 is 5.32 Å². The lowest BCUT2D eigenvalue weighted by Gasteiger charge is -2.36. The van der Waals surface area contributed by atoms with E-state index in [0.29, 0.717) is 6.54 Å². The second-order valence-electron chi connectivity index (χ2n) is 5.50. The van der Waals surface area contributed by atoms with E-state index in [1.165, 1.54) is 4.90 Å². The van der Waals surface area contributed by atoms with Crippen molar-refractivity contribution in [1.29, 1.82) is 5.26 Å². The Labute approximate surface area is 112 Å². The van der Waals surface area contributed by atoms with E-state index in [1.54, 1.807) is 13.8 Å². The van der Waals surface area contributed by atoms with Crippen LogP contribution in [0, 0.1) is 17.2 Å². The Morgan fingerprint density at radius 3 is 2.21 bits per heavy atom. The summed E-state index contributed by atoms with van der Waals surface area (Å²) in [4.78, 5) is 1.34. The van der Waals surface area contributed by atoms with Gasteiger partial charge in [-0.2, -0.15) is 18.4 Å². The number of nitrogens with zero attached hydrogens (tertiary/aromatic N) is 2. The van der Waals surface area contributed by atoms with Crippen molar-refractivity contribution in [2.75, 3.05) is 19.6 Å². The molecule has 6 heteroatoms. The van der Waals surface area contributed by atoms with Crippen molar-refractivity contribution in [1.82, 2.24) is 10.2 Å². The molecule has 1 N–H and O–H groups in total. The van der Waals surface area contributed by atoms with Gasteiger partial charge in [-0.05, 0) is 39.2 Å². The molecule has 1 aliphatic rings. The number of nitrogens with one attached hydrogen (secondary N) is 1. The Morgan fingerprint density at radius 1 is 1.32 bits per heavy atom. The van der Waals surface area contributed by atoms with Crippen LogP contribution in [0.2, 0.25) is 0 Å². The van der Waals surface area contributed by atoms with Gasteiger partial charge in [-0.1, -0.05) is 6.92 Å². The van der Waals surface area contributed by atoms with E-state index in [1.807, 2.05) is 6.92 Å². The lowest BCUT2D eigenvalue weighted by molar-refractivity contribution is -0.151. The van der Waals surface area contributed by atoms with Crippen molar-refractivity contribution in [2.45, 2.75) is 51.4 Å². The van der Waals surface area contributed by atoms with Gasteiger partial charge in [0.2, 0.25) is 0 Å². The van der Waals surface area contributed by atoms with E-state index in [9.17, 15) is 18.4 Å². The summed E-state index contributed by atoms with van der Waals surface area (Å²) < 4.78 is 37.8. The molecular weight excluding hydrogens is 255 g/mol. The summed E-state index contributed by atoms with van der Waals surface area (Å²) in [6.45, 7) is 5.07. The SMILES string of the molecule is CCNC(C#N)(CN(CC(F)(F)F)C(C)C)C1CC1. The standard InChI is InChI=1S/C13H22F3N3/c1-4-18-12(7-17,11-5-6-11)8-19(10(2)3)9-13(14,15)16/h10-11,18H,4-6,8-9H2,1-3H3. The van der Waals surface area contributed by atoms with Crippen LogP contribution in [0.5, 0.6) is 0 Å². The zero-order valence-corrected chi connectivity index (χ0v) is 11.7. The normalized spacial score (nSPS) is 19.5. The smallest absolute Gasteiger partial charge is 0.298 e. The van der Waals surface area contributed by atoms with E-state index >= 15 is 0 Å². The van der Waals surface area contributed by atoms with E-state index in [4.69, 9.17) is 0 Å². The molecule has 0 aromatic carbocycles. The molecule has 0 saturated heterocycles. The fourth-order valence-corrected chi connectivity index (χ4v) is 2.36. The van der Waals surface area contributed by atoms with Gasteiger partial charge in [0.15, 0.2) is 0 Å². The van der Waals surface area contributed by atoms with Gasteiger partial charge in [0.1, 0.15) is 5.54 Å². The topological polar surface area (TPSA) is 39.1 Å². The molecule has 0 aromatic heterocycles. The Morgan fingerprint density at radius 2 is 1.89 bits per heavy atom. The third-order valence-electron chi connectivity index (χ3n) is 3.53. The molecule has 0 heterocycles. The average molecular weight is 277 g/mol. The molecule has 1 fully saturated rings. The highest BCUT2D eigenvalue weighted by atomic mass is 19.4. The second kappa shape index (κ2) is 6.10. The van der Waals surface area contributed by atoms with Gasteiger partial charge in [0.05, 0.1) is 12.6 Å². The average Bonchev–Trinajstić information content (AvgIpc) is 3.09. The van der Waals surface area contributed by atoms with Crippen LogP contribution in [0.25, 0.3) is 0 Å². The van der Waals surface area contributed by atoms with Crippen LogP contribution in [0.1, 0.15) is 33.6 Å². The number of likely N-dealkylation sites (N-methyl/N-ethyl adjacent to an activating group) is 1. The molecule has 0 amide bonds. The third kappa shape index (κ3) is 4.66. The fourth-order valence-electron chi connectivity index (χ4n) is 2.36.